The SMILES string of the molecule is N=c1ccn(CC(N)=O)c2ccccc12. The van der Waals surface area contributed by atoms with E-state index in [1.807, 2.05) is 24.3 Å². The van der Waals surface area contributed by atoms with Gasteiger partial charge >= 0.3 is 0 Å². The number of carbonyl (C=O) groups is 1. The second kappa shape index (κ2) is 3.57. The molecule has 1 amide bonds. The predicted octanol–water partition coefficient (Wildman–Crippen LogP) is 0.606. The lowest BCUT2D eigenvalue weighted by Crippen LogP contribution is -2.20. The van der Waals surface area contributed by atoms with Crippen LogP contribution in [0.5, 0.6) is 0 Å². The predicted molar refractivity (Wildman–Crippen MR) is 57.0 cm³/mol. The van der Waals surface area contributed by atoms with Gasteiger partial charge in [-0.25, -0.2) is 0 Å². The first-order chi connectivity index (χ1) is 7.18. The van der Waals surface area contributed by atoms with E-state index in [0.29, 0.717) is 5.36 Å². The van der Waals surface area contributed by atoms with Crippen LogP contribution in [0, 0.1) is 5.41 Å². The quantitative estimate of drug-likeness (QED) is 0.734. The third-order valence-electron chi connectivity index (χ3n) is 2.25. The first kappa shape index (κ1) is 9.45. The first-order valence-electron chi connectivity index (χ1n) is 4.59. The monoisotopic (exact) mass is 201 g/mol. The standard InChI is InChI=1S/C11H11N3O/c12-9-5-6-14(7-11(13)15)10-4-2-1-3-8(9)10/h1-6,12H,7H2,(H2,13,15). The highest BCUT2D eigenvalue weighted by Crippen LogP contribution is 2.08. The van der Waals surface area contributed by atoms with E-state index in [1.165, 1.54) is 0 Å². The van der Waals surface area contributed by atoms with E-state index in [0.717, 1.165) is 10.9 Å². The van der Waals surface area contributed by atoms with Crippen LogP contribution in [0.4, 0.5) is 0 Å². The van der Waals surface area contributed by atoms with Gasteiger partial charge in [0.25, 0.3) is 0 Å². The number of primary amides is 1. The van der Waals surface area contributed by atoms with E-state index < -0.39 is 0 Å². The van der Waals surface area contributed by atoms with Crippen LogP contribution in [-0.2, 0) is 11.3 Å². The fourth-order valence-electron chi connectivity index (χ4n) is 1.59. The lowest BCUT2D eigenvalue weighted by atomic mass is 10.2. The molecule has 0 unspecified atom stereocenters. The molecule has 1 aromatic heterocycles. The Balaban J connectivity index is 2.71. The van der Waals surface area contributed by atoms with Crippen molar-refractivity contribution >= 4 is 16.8 Å². The van der Waals surface area contributed by atoms with Crippen molar-refractivity contribution in [3.8, 4) is 0 Å². The molecule has 76 valence electrons. The Morgan fingerprint density at radius 1 is 1.33 bits per heavy atom. The van der Waals surface area contributed by atoms with Crippen LogP contribution < -0.4 is 11.1 Å². The molecule has 2 rings (SSSR count). The number of nitrogens with two attached hydrogens (primary N) is 1. The molecule has 1 heterocycles. The second-order valence-corrected chi connectivity index (χ2v) is 3.34. The van der Waals surface area contributed by atoms with Gasteiger partial charge in [-0.05, 0) is 12.1 Å². The van der Waals surface area contributed by atoms with Crippen LogP contribution in [0.2, 0.25) is 0 Å². The Morgan fingerprint density at radius 3 is 2.80 bits per heavy atom. The van der Waals surface area contributed by atoms with Crippen LogP contribution in [0.3, 0.4) is 0 Å². The first-order valence-corrected chi connectivity index (χ1v) is 4.59. The summed E-state index contributed by atoms with van der Waals surface area (Å²) in [7, 11) is 0. The molecule has 2 aromatic rings. The maximum Gasteiger partial charge on any atom is 0.237 e. The molecule has 0 atom stereocenters. The van der Waals surface area contributed by atoms with Gasteiger partial charge in [0.05, 0.1) is 10.9 Å². The summed E-state index contributed by atoms with van der Waals surface area (Å²) in [4.78, 5) is 10.9. The summed E-state index contributed by atoms with van der Waals surface area (Å²) in [6.45, 7) is 0.140. The third-order valence-corrected chi connectivity index (χ3v) is 2.25. The highest BCUT2D eigenvalue weighted by atomic mass is 16.1. The molecule has 0 bridgehead atoms. The number of rotatable bonds is 2. The highest BCUT2D eigenvalue weighted by Gasteiger charge is 2.01. The molecule has 0 spiro atoms. The van der Waals surface area contributed by atoms with Crippen LogP contribution >= 0.6 is 0 Å². The molecule has 1 aromatic carbocycles. The highest BCUT2D eigenvalue weighted by molar-refractivity contribution is 5.81. The number of nitrogens with zero attached hydrogens (tertiary/aromatic N) is 1. The fourth-order valence-corrected chi connectivity index (χ4v) is 1.59. The zero-order chi connectivity index (χ0) is 10.8. The van der Waals surface area contributed by atoms with Gasteiger partial charge < -0.3 is 15.7 Å². The number of hydrogen-bond acceptors (Lipinski definition) is 2. The van der Waals surface area contributed by atoms with Crippen molar-refractivity contribution in [3.05, 3.63) is 41.9 Å². The van der Waals surface area contributed by atoms with E-state index in [2.05, 4.69) is 0 Å². The van der Waals surface area contributed by atoms with Crippen molar-refractivity contribution in [1.82, 2.24) is 4.57 Å². The maximum atomic E-state index is 10.9. The van der Waals surface area contributed by atoms with Gasteiger partial charge in [-0.15, -0.1) is 0 Å². The summed E-state index contributed by atoms with van der Waals surface area (Å²) in [5, 5.41) is 8.98. The molecule has 4 heteroatoms. The van der Waals surface area contributed by atoms with E-state index in [4.69, 9.17) is 11.1 Å². The molecular formula is C11H11N3O. The van der Waals surface area contributed by atoms with Gasteiger partial charge in [0.2, 0.25) is 5.91 Å². The maximum absolute atomic E-state index is 10.9. The van der Waals surface area contributed by atoms with E-state index in [9.17, 15) is 4.79 Å². The summed E-state index contributed by atoms with van der Waals surface area (Å²) in [6, 6.07) is 9.13. The topological polar surface area (TPSA) is 71.9 Å². The smallest absolute Gasteiger partial charge is 0.237 e. The molecule has 0 saturated heterocycles. The minimum absolute atomic E-state index is 0.140. The molecule has 0 aliphatic rings. The summed E-state index contributed by atoms with van der Waals surface area (Å²) < 4.78 is 1.75. The molecule has 4 nitrogen and oxygen atoms in total. The van der Waals surface area contributed by atoms with Crippen molar-refractivity contribution in [2.45, 2.75) is 6.54 Å². The van der Waals surface area contributed by atoms with Crippen LogP contribution in [0.25, 0.3) is 10.9 Å². The van der Waals surface area contributed by atoms with Crippen molar-refractivity contribution in [1.29, 1.82) is 5.41 Å². The van der Waals surface area contributed by atoms with Crippen LogP contribution in [0.15, 0.2) is 36.5 Å². The van der Waals surface area contributed by atoms with E-state index in [-0.39, 0.29) is 12.5 Å². The third kappa shape index (κ3) is 1.74. The van der Waals surface area contributed by atoms with Gasteiger partial charge in [0, 0.05) is 11.6 Å². The second-order valence-electron chi connectivity index (χ2n) is 3.34. The van der Waals surface area contributed by atoms with Crippen molar-refractivity contribution in [2.75, 3.05) is 0 Å². The average molecular weight is 201 g/mol. The Morgan fingerprint density at radius 2 is 2.07 bits per heavy atom. The number of pyridine rings is 1. The lowest BCUT2D eigenvalue weighted by molar-refractivity contribution is -0.118. The molecular weight excluding hydrogens is 190 g/mol. The van der Waals surface area contributed by atoms with Crippen molar-refractivity contribution < 1.29 is 4.79 Å². The number of carbonyl (C=O) groups excluding carboxylic acids is 1. The van der Waals surface area contributed by atoms with Crippen LogP contribution in [-0.4, -0.2) is 10.5 Å². The van der Waals surface area contributed by atoms with Crippen LogP contribution in [0.1, 0.15) is 0 Å². The van der Waals surface area contributed by atoms with Crippen molar-refractivity contribution in [2.24, 2.45) is 5.73 Å². The molecule has 0 aliphatic carbocycles. The number of benzene rings is 1. The van der Waals surface area contributed by atoms with E-state index in [1.54, 1.807) is 16.8 Å². The Hall–Kier alpha value is -2.10. The minimum atomic E-state index is -0.386. The molecule has 15 heavy (non-hydrogen) atoms. The van der Waals surface area contributed by atoms with Gasteiger partial charge in [-0.2, -0.15) is 0 Å². The van der Waals surface area contributed by atoms with E-state index >= 15 is 0 Å². The number of hydrogen-bond donors (Lipinski definition) is 2. The zero-order valence-corrected chi connectivity index (χ0v) is 8.10. The van der Waals surface area contributed by atoms with Gasteiger partial charge in [-0.3, -0.25) is 4.79 Å². The Bertz CT molecular complexity index is 571. The summed E-state index contributed by atoms with van der Waals surface area (Å²) in [5.41, 5.74) is 6.00. The van der Waals surface area contributed by atoms with Gasteiger partial charge in [0.15, 0.2) is 0 Å². The minimum Gasteiger partial charge on any atom is -0.368 e. The van der Waals surface area contributed by atoms with Gasteiger partial charge in [-0.1, -0.05) is 18.2 Å². The molecule has 3 N–H and O–H groups in total. The molecule has 0 saturated carbocycles. The molecule has 0 radical (unpaired) electrons. The normalized spacial score (nSPS) is 10.4. The largest absolute Gasteiger partial charge is 0.368 e. The number of nitrogens with one attached hydrogen (secondary N) is 1. The molecule has 0 aliphatic heterocycles. The van der Waals surface area contributed by atoms with Crippen molar-refractivity contribution in [3.63, 3.8) is 0 Å². The molecule has 0 fully saturated rings. The Labute approximate surface area is 86.5 Å². The fraction of sp³-hybridized carbons (Fsp3) is 0.0909. The summed E-state index contributed by atoms with van der Waals surface area (Å²) in [5.74, 6) is -0.386. The number of aromatic nitrogens is 1. The summed E-state index contributed by atoms with van der Waals surface area (Å²) >= 11 is 0. The number of para-hydroxylation sites is 1. The number of fused-ring (bicyclic) bond motifs is 1. The Kier molecular flexibility index (Phi) is 2.25. The number of amides is 1. The average Bonchev–Trinajstić information content (AvgIpc) is 2.22. The van der Waals surface area contributed by atoms with Gasteiger partial charge in [0.1, 0.15) is 6.54 Å². The zero-order valence-electron chi connectivity index (χ0n) is 8.10. The summed E-state index contributed by atoms with van der Waals surface area (Å²) in [6.07, 6.45) is 1.70. The lowest BCUT2D eigenvalue weighted by Gasteiger charge is -2.08.